The highest BCUT2D eigenvalue weighted by Gasteiger charge is 2.33. The Morgan fingerprint density at radius 2 is 1.97 bits per heavy atom. The zero-order valence-corrected chi connectivity index (χ0v) is 16.3. The lowest BCUT2D eigenvalue weighted by atomic mass is 10.0. The monoisotopic (exact) mass is 403 g/mol. The van der Waals surface area contributed by atoms with Crippen LogP contribution in [-0.2, 0) is 16.1 Å². The van der Waals surface area contributed by atoms with E-state index in [2.05, 4.69) is 15.0 Å². The summed E-state index contributed by atoms with van der Waals surface area (Å²) in [6, 6.07) is 6.15. The first-order chi connectivity index (χ1) is 14.2. The number of halogens is 1. The van der Waals surface area contributed by atoms with Gasteiger partial charge in [-0.3, -0.25) is 9.48 Å². The molecule has 4 rings (SSSR count). The number of amides is 1. The third-order valence-corrected chi connectivity index (χ3v) is 5.52. The third-order valence-electron chi connectivity index (χ3n) is 5.52. The Morgan fingerprint density at radius 1 is 1.17 bits per heavy atom. The van der Waals surface area contributed by atoms with E-state index in [0.29, 0.717) is 18.9 Å². The number of hydrogen-bond donors (Lipinski definition) is 0. The Labute approximate surface area is 169 Å². The molecular weight excluding hydrogens is 377 g/mol. The molecule has 2 aliphatic rings. The predicted molar refractivity (Wildman–Crippen MR) is 103 cm³/mol. The molecule has 29 heavy (non-hydrogen) atoms. The summed E-state index contributed by atoms with van der Waals surface area (Å²) >= 11 is 0. The smallest absolute Gasteiger partial charge is 0.248 e. The quantitative estimate of drug-likeness (QED) is 0.692. The first-order valence-electron chi connectivity index (χ1n) is 10.0. The van der Waals surface area contributed by atoms with Gasteiger partial charge in [-0.2, -0.15) is 5.10 Å². The van der Waals surface area contributed by atoms with Crippen molar-refractivity contribution < 1.29 is 18.7 Å². The van der Waals surface area contributed by atoms with Crippen LogP contribution in [0.25, 0.3) is 0 Å². The minimum Gasteiger partial charge on any atom is -0.491 e. The summed E-state index contributed by atoms with van der Waals surface area (Å²) in [5.41, 5.74) is 0. The van der Waals surface area contributed by atoms with Crippen LogP contribution in [-0.4, -0.2) is 82.0 Å². The fraction of sp³-hybridized carbons (Fsp3) is 0.550. The molecule has 156 valence electrons. The molecule has 1 amide bonds. The zero-order valence-electron chi connectivity index (χ0n) is 16.3. The fourth-order valence-electron chi connectivity index (χ4n) is 3.87. The molecule has 1 aromatic heterocycles. The van der Waals surface area contributed by atoms with Gasteiger partial charge in [0.15, 0.2) is 0 Å². The van der Waals surface area contributed by atoms with E-state index in [1.54, 1.807) is 24.8 Å². The molecule has 1 atom stereocenters. The Balaban J connectivity index is 1.23. The number of aromatic nitrogens is 3. The first kappa shape index (κ1) is 19.8. The molecule has 0 N–H and O–H groups in total. The predicted octanol–water partition coefficient (Wildman–Crippen LogP) is 1.19. The first-order valence-corrected chi connectivity index (χ1v) is 10.0. The maximum atomic E-state index is 13.0. The van der Waals surface area contributed by atoms with Crippen LogP contribution in [0, 0.1) is 5.82 Å². The van der Waals surface area contributed by atoms with Crippen LogP contribution in [0.3, 0.4) is 0 Å². The van der Waals surface area contributed by atoms with E-state index < -0.39 is 0 Å². The normalized spacial score (nSPS) is 21.5. The molecule has 0 saturated carbocycles. The lowest BCUT2D eigenvalue weighted by Crippen LogP contribution is -2.55. The second kappa shape index (κ2) is 9.32. The van der Waals surface area contributed by atoms with Gasteiger partial charge in [0, 0.05) is 25.7 Å². The average molecular weight is 403 g/mol. The van der Waals surface area contributed by atoms with Gasteiger partial charge in [-0.05, 0) is 37.1 Å². The van der Waals surface area contributed by atoms with Crippen LogP contribution < -0.4 is 4.74 Å². The summed E-state index contributed by atoms with van der Waals surface area (Å²) < 4.78 is 26.2. The minimum atomic E-state index is -0.296. The largest absolute Gasteiger partial charge is 0.491 e. The molecule has 8 nitrogen and oxygen atoms in total. The Bertz CT molecular complexity index is 778. The van der Waals surface area contributed by atoms with Gasteiger partial charge in [0.25, 0.3) is 0 Å². The maximum absolute atomic E-state index is 13.0. The number of likely N-dealkylation sites (tertiary alicyclic amines) is 1. The highest BCUT2D eigenvalue weighted by atomic mass is 19.1. The number of nitrogens with zero attached hydrogens (tertiary/aromatic N) is 5. The van der Waals surface area contributed by atoms with Crippen molar-refractivity contribution in [2.24, 2.45) is 0 Å². The van der Waals surface area contributed by atoms with Crippen molar-refractivity contribution in [3.05, 3.63) is 42.7 Å². The van der Waals surface area contributed by atoms with Gasteiger partial charge in [0.2, 0.25) is 5.91 Å². The molecule has 2 aromatic rings. The van der Waals surface area contributed by atoms with Crippen molar-refractivity contribution in [1.82, 2.24) is 24.6 Å². The van der Waals surface area contributed by atoms with Crippen molar-refractivity contribution >= 4 is 5.91 Å². The molecular formula is C20H26FN5O3. The van der Waals surface area contributed by atoms with Crippen LogP contribution >= 0.6 is 0 Å². The number of carbonyl (C=O) groups excluding carboxylic acids is 1. The summed E-state index contributed by atoms with van der Waals surface area (Å²) in [5, 5.41) is 4.13. The van der Waals surface area contributed by atoms with E-state index in [1.807, 2.05) is 9.58 Å². The van der Waals surface area contributed by atoms with Gasteiger partial charge in [0.1, 0.15) is 43.5 Å². The zero-order chi connectivity index (χ0) is 20.1. The molecule has 0 radical (unpaired) electrons. The molecule has 1 aromatic carbocycles. The van der Waals surface area contributed by atoms with E-state index >= 15 is 0 Å². The van der Waals surface area contributed by atoms with Crippen molar-refractivity contribution in [1.29, 1.82) is 0 Å². The topological polar surface area (TPSA) is 72.7 Å². The number of rotatable bonds is 7. The lowest BCUT2D eigenvalue weighted by molar-refractivity contribution is -0.155. The number of benzene rings is 1. The Morgan fingerprint density at radius 3 is 2.69 bits per heavy atom. The second-order valence-corrected chi connectivity index (χ2v) is 7.48. The fourth-order valence-corrected chi connectivity index (χ4v) is 3.87. The van der Waals surface area contributed by atoms with Crippen molar-refractivity contribution in [2.45, 2.75) is 31.5 Å². The van der Waals surface area contributed by atoms with E-state index in [4.69, 9.17) is 9.47 Å². The molecule has 2 aliphatic heterocycles. The van der Waals surface area contributed by atoms with Crippen molar-refractivity contribution in [3.63, 3.8) is 0 Å². The second-order valence-electron chi connectivity index (χ2n) is 7.48. The molecule has 2 fully saturated rings. The summed E-state index contributed by atoms with van der Waals surface area (Å²) in [5.74, 6) is 0.346. The SMILES string of the molecule is O=C1CO[C@H](COc2ccc(F)cc2)CN1C1CCN(CCn2cncn2)CC1. The Kier molecular flexibility index (Phi) is 6.36. The number of ether oxygens (including phenoxy) is 2. The molecule has 2 saturated heterocycles. The lowest BCUT2D eigenvalue weighted by Gasteiger charge is -2.42. The summed E-state index contributed by atoms with van der Waals surface area (Å²) in [6.07, 6.45) is 5.01. The van der Waals surface area contributed by atoms with Crippen LogP contribution in [0.5, 0.6) is 5.75 Å². The van der Waals surface area contributed by atoms with E-state index in [1.165, 1.54) is 12.1 Å². The van der Waals surface area contributed by atoms with Crippen molar-refractivity contribution in [2.75, 3.05) is 39.4 Å². The summed E-state index contributed by atoms with van der Waals surface area (Å²) in [6.45, 7) is 4.63. The average Bonchev–Trinajstić information content (AvgIpc) is 3.27. The van der Waals surface area contributed by atoms with Gasteiger partial charge in [-0.1, -0.05) is 0 Å². The third kappa shape index (κ3) is 5.30. The maximum Gasteiger partial charge on any atom is 0.248 e. The van der Waals surface area contributed by atoms with E-state index in [-0.39, 0.29) is 30.5 Å². The van der Waals surface area contributed by atoms with Gasteiger partial charge >= 0.3 is 0 Å². The highest BCUT2D eigenvalue weighted by molar-refractivity contribution is 5.78. The van der Waals surface area contributed by atoms with Crippen LogP contribution in [0.2, 0.25) is 0 Å². The number of piperidine rings is 1. The summed E-state index contributed by atoms with van der Waals surface area (Å²) in [4.78, 5) is 20.7. The minimum absolute atomic E-state index is 0.0455. The van der Waals surface area contributed by atoms with Crippen molar-refractivity contribution in [3.8, 4) is 5.75 Å². The number of carbonyl (C=O) groups is 1. The molecule has 3 heterocycles. The summed E-state index contributed by atoms with van der Waals surface area (Å²) in [7, 11) is 0. The van der Waals surface area contributed by atoms with Crippen LogP contribution in [0.1, 0.15) is 12.8 Å². The van der Waals surface area contributed by atoms with Gasteiger partial charge < -0.3 is 19.3 Å². The molecule has 0 aliphatic carbocycles. The standard InChI is InChI=1S/C20H26FN5O3/c21-16-1-3-18(4-2-16)28-12-19-11-26(20(27)13-29-19)17-5-7-24(8-6-17)9-10-25-15-22-14-23-25/h1-4,14-15,17,19H,5-13H2/t19-/m0/s1. The van der Waals surface area contributed by atoms with E-state index in [0.717, 1.165) is 39.0 Å². The van der Waals surface area contributed by atoms with Gasteiger partial charge in [-0.15, -0.1) is 0 Å². The molecule has 9 heteroatoms. The molecule has 0 unspecified atom stereocenters. The van der Waals surface area contributed by atoms with E-state index in [9.17, 15) is 9.18 Å². The number of morpholine rings is 1. The van der Waals surface area contributed by atoms with Crippen LogP contribution in [0.15, 0.2) is 36.9 Å². The van der Waals surface area contributed by atoms with Gasteiger partial charge in [0.05, 0.1) is 13.1 Å². The number of hydrogen-bond acceptors (Lipinski definition) is 6. The highest BCUT2D eigenvalue weighted by Crippen LogP contribution is 2.21. The molecule has 0 bridgehead atoms. The Hall–Kier alpha value is -2.52. The van der Waals surface area contributed by atoms with Gasteiger partial charge in [-0.25, -0.2) is 9.37 Å². The molecule has 0 spiro atoms. The van der Waals surface area contributed by atoms with Crippen LogP contribution in [0.4, 0.5) is 4.39 Å².